The second-order valence-electron chi connectivity index (χ2n) is 4.35. The summed E-state index contributed by atoms with van der Waals surface area (Å²) in [6.45, 7) is 3.96. The van der Waals surface area contributed by atoms with Crippen molar-refractivity contribution in [2.24, 2.45) is 0 Å². The highest BCUT2D eigenvalue weighted by Gasteiger charge is 2.14. The molecule has 1 amide bonds. The van der Waals surface area contributed by atoms with Gasteiger partial charge in [-0.3, -0.25) is 4.79 Å². The number of thiophene rings is 1. The van der Waals surface area contributed by atoms with E-state index in [4.69, 9.17) is 9.47 Å². The summed E-state index contributed by atoms with van der Waals surface area (Å²) in [5, 5.41) is 4.74. The molecule has 5 heteroatoms. The lowest BCUT2D eigenvalue weighted by Gasteiger charge is -2.11. The maximum atomic E-state index is 12.3. The van der Waals surface area contributed by atoms with Crippen LogP contribution in [-0.4, -0.2) is 20.1 Å². The van der Waals surface area contributed by atoms with E-state index in [9.17, 15) is 4.79 Å². The van der Waals surface area contributed by atoms with Crippen molar-refractivity contribution in [3.05, 3.63) is 39.6 Å². The number of nitrogens with one attached hydrogen (secondary N) is 1. The number of rotatable bonds is 4. The Bertz CT molecular complexity index is 634. The second kappa shape index (κ2) is 5.96. The summed E-state index contributed by atoms with van der Waals surface area (Å²) in [6.07, 6.45) is 0. The SMILES string of the molecule is COc1ccc(NC(=O)c2csc(C)c2C)c(OC)c1. The highest BCUT2D eigenvalue weighted by atomic mass is 32.1. The largest absolute Gasteiger partial charge is 0.497 e. The topological polar surface area (TPSA) is 47.6 Å². The summed E-state index contributed by atoms with van der Waals surface area (Å²) in [4.78, 5) is 13.4. The van der Waals surface area contributed by atoms with Gasteiger partial charge in [0.1, 0.15) is 11.5 Å². The molecule has 0 radical (unpaired) electrons. The number of carbonyl (C=O) groups is 1. The molecule has 1 heterocycles. The van der Waals surface area contributed by atoms with Crippen molar-refractivity contribution in [1.29, 1.82) is 0 Å². The number of ether oxygens (including phenoxy) is 2. The van der Waals surface area contributed by atoms with Gasteiger partial charge in [-0.2, -0.15) is 0 Å². The minimum atomic E-state index is -0.129. The summed E-state index contributed by atoms with van der Waals surface area (Å²) in [5.74, 6) is 1.13. The van der Waals surface area contributed by atoms with Crippen LogP contribution in [0.5, 0.6) is 11.5 Å². The number of hydrogen-bond donors (Lipinski definition) is 1. The molecule has 106 valence electrons. The molecule has 1 N–H and O–H groups in total. The van der Waals surface area contributed by atoms with Crippen LogP contribution in [0, 0.1) is 13.8 Å². The van der Waals surface area contributed by atoms with Gasteiger partial charge in [-0.25, -0.2) is 0 Å². The molecule has 0 spiro atoms. The molecule has 0 aliphatic heterocycles. The van der Waals surface area contributed by atoms with Gasteiger partial charge in [-0.1, -0.05) is 0 Å². The van der Waals surface area contributed by atoms with Crippen LogP contribution in [0.15, 0.2) is 23.6 Å². The van der Waals surface area contributed by atoms with Crippen LogP contribution in [0.1, 0.15) is 20.8 Å². The molecule has 0 unspecified atom stereocenters. The van der Waals surface area contributed by atoms with E-state index in [1.165, 1.54) is 0 Å². The fourth-order valence-corrected chi connectivity index (χ4v) is 2.69. The van der Waals surface area contributed by atoms with Gasteiger partial charge in [0.15, 0.2) is 0 Å². The van der Waals surface area contributed by atoms with E-state index >= 15 is 0 Å². The first-order valence-electron chi connectivity index (χ1n) is 6.15. The summed E-state index contributed by atoms with van der Waals surface area (Å²) >= 11 is 1.57. The van der Waals surface area contributed by atoms with Gasteiger partial charge in [0, 0.05) is 16.3 Å². The van der Waals surface area contributed by atoms with Crippen molar-refractivity contribution in [2.75, 3.05) is 19.5 Å². The number of aryl methyl sites for hydroxylation is 1. The molecule has 0 saturated heterocycles. The molecule has 0 atom stereocenters. The molecule has 2 aromatic rings. The Hall–Kier alpha value is -2.01. The second-order valence-corrected chi connectivity index (χ2v) is 5.43. The van der Waals surface area contributed by atoms with Crippen molar-refractivity contribution >= 4 is 22.9 Å². The lowest BCUT2D eigenvalue weighted by atomic mass is 10.1. The Morgan fingerprint density at radius 1 is 1.20 bits per heavy atom. The van der Waals surface area contributed by atoms with Crippen molar-refractivity contribution in [2.45, 2.75) is 13.8 Å². The zero-order valence-corrected chi connectivity index (χ0v) is 12.8. The van der Waals surface area contributed by atoms with Gasteiger partial charge >= 0.3 is 0 Å². The summed E-state index contributed by atoms with van der Waals surface area (Å²) in [5.41, 5.74) is 2.34. The maximum absolute atomic E-state index is 12.3. The fraction of sp³-hybridized carbons (Fsp3) is 0.267. The molecule has 0 aliphatic carbocycles. The van der Waals surface area contributed by atoms with Gasteiger partial charge in [-0.05, 0) is 31.5 Å². The Kier molecular flexibility index (Phi) is 4.29. The predicted molar refractivity (Wildman–Crippen MR) is 81.3 cm³/mol. The quantitative estimate of drug-likeness (QED) is 0.935. The standard InChI is InChI=1S/C15H17NO3S/c1-9-10(2)20-8-12(9)15(17)16-13-6-5-11(18-3)7-14(13)19-4/h5-8H,1-4H3,(H,16,17). The number of hydrogen-bond acceptors (Lipinski definition) is 4. The molecule has 0 aliphatic rings. The molecule has 4 nitrogen and oxygen atoms in total. The molecule has 1 aromatic carbocycles. The average molecular weight is 291 g/mol. The maximum Gasteiger partial charge on any atom is 0.256 e. The lowest BCUT2D eigenvalue weighted by molar-refractivity contribution is 0.102. The van der Waals surface area contributed by atoms with Crippen LogP contribution in [0.2, 0.25) is 0 Å². The smallest absolute Gasteiger partial charge is 0.256 e. The van der Waals surface area contributed by atoms with Gasteiger partial charge in [0.25, 0.3) is 5.91 Å². The minimum Gasteiger partial charge on any atom is -0.497 e. The molecule has 2 rings (SSSR count). The third-order valence-corrected chi connectivity index (χ3v) is 4.20. The van der Waals surface area contributed by atoms with Crippen molar-refractivity contribution in [3.63, 3.8) is 0 Å². The minimum absolute atomic E-state index is 0.129. The highest BCUT2D eigenvalue weighted by Crippen LogP contribution is 2.30. The van der Waals surface area contributed by atoms with Crippen molar-refractivity contribution < 1.29 is 14.3 Å². The Morgan fingerprint density at radius 2 is 1.95 bits per heavy atom. The van der Waals surface area contributed by atoms with Gasteiger partial charge in [0.05, 0.1) is 25.5 Å². The van der Waals surface area contributed by atoms with E-state index < -0.39 is 0 Å². The summed E-state index contributed by atoms with van der Waals surface area (Å²) in [6, 6.07) is 5.29. The van der Waals surface area contributed by atoms with Crippen LogP contribution < -0.4 is 14.8 Å². The lowest BCUT2D eigenvalue weighted by Crippen LogP contribution is -2.13. The third kappa shape index (κ3) is 2.77. The van der Waals surface area contributed by atoms with Gasteiger partial charge < -0.3 is 14.8 Å². The Labute approximate surface area is 122 Å². The third-order valence-electron chi connectivity index (χ3n) is 3.19. The molecule has 0 fully saturated rings. The monoisotopic (exact) mass is 291 g/mol. The molecule has 20 heavy (non-hydrogen) atoms. The van der Waals surface area contributed by atoms with E-state index in [2.05, 4.69) is 5.32 Å². The van der Waals surface area contributed by atoms with Crippen molar-refractivity contribution in [3.8, 4) is 11.5 Å². The Morgan fingerprint density at radius 3 is 2.50 bits per heavy atom. The van der Waals surface area contributed by atoms with Crippen LogP contribution in [0.25, 0.3) is 0 Å². The molecular formula is C15H17NO3S. The zero-order chi connectivity index (χ0) is 14.7. The number of benzene rings is 1. The average Bonchev–Trinajstić information content (AvgIpc) is 2.79. The van der Waals surface area contributed by atoms with E-state index in [1.54, 1.807) is 43.8 Å². The summed E-state index contributed by atoms with van der Waals surface area (Å²) < 4.78 is 10.4. The number of anilines is 1. The zero-order valence-electron chi connectivity index (χ0n) is 11.9. The normalized spacial score (nSPS) is 10.2. The number of amides is 1. The van der Waals surface area contributed by atoms with E-state index in [0.29, 0.717) is 22.7 Å². The first kappa shape index (κ1) is 14.4. The van der Waals surface area contributed by atoms with Gasteiger partial charge in [0.2, 0.25) is 0 Å². The highest BCUT2D eigenvalue weighted by molar-refractivity contribution is 7.10. The fourth-order valence-electron chi connectivity index (χ4n) is 1.83. The predicted octanol–water partition coefficient (Wildman–Crippen LogP) is 3.63. The molecule has 1 aromatic heterocycles. The van der Waals surface area contributed by atoms with Crippen molar-refractivity contribution in [1.82, 2.24) is 0 Å². The van der Waals surface area contributed by atoms with Crippen LogP contribution >= 0.6 is 11.3 Å². The van der Waals surface area contributed by atoms with E-state index in [0.717, 1.165) is 10.4 Å². The molecular weight excluding hydrogens is 274 g/mol. The first-order chi connectivity index (χ1) is 9.56. The van der Waals surface area contributed by atoms with Crippen LogP contribution in [0.4, 0.5) is 5.69 Å². The number of carbonyl (C=O) groups excluding carboxylic acids is 1. The van der Waals surface area contributed by atoms with Gasteiger partial charge in [-0.15, -0.1) is 11.3 Å². The van der Waals surface area contributed by atoms with Crippen LogP contribution in [-0.2, 0) is 0 Å². The van der Waals surface area contributed by atoms with E-state index in [-0.39, 0.29) is 5.91 Å². The molecule has 0 bridgehead atoms. The summed E-state index contributed by atoms with van der Waals surface area (Å²) in [7, 11) is 3.15. The van der Waals surface area contributed by atoms with Crippen LogP contribution in [0.3, 0.4) is 0 Å². The first-order valence-corrected chi connectivity index (χ1v) is 7.03. The molecule has 0 saturated carbocycles. The number of methoxy groups -OCH3 is 2. The Balaban J connectivity index is 2.25. The van der Waals surface area contributed by atoms with E-state index in [1.807, 2.05) is 19.2 Å².